The Morgan fingerprint density at radius 3 is 1.96 bits per heavy atom. The molecule has 0 N–H and O–H groups in total. The van der Waals surface area contributed by atoms with Crippen molar-refractivity contribution in [2.45, 2.75) is 0 Å². The zero-order valence-electron chi connectivity index (χ0n) is 16.1. The van der Waals surface area contributed by atoms with E-state index in [0.717, 1.165) is 60.0 Å². The van der Waals surface area contributed by atoms with Gasteiger partial charge in [0.25, 0.3) is 5.91 Å². The van der Waals surface area contributed by atoms with Crippen LogP contribution in [0, 0.1) is 3.57 Å². The number of benzene rings is 1. The first kappa shape index (κ1) is 19.4. The fourth-order valence-electron chi connectivity index (χ4n) is 3.63. The van der Waals surface area contributed by atoms with Crippen LogP contribution in [0.5, 0.6) is 0 Å². The van der Waals surface area contributed by atoms with Gasteiger partial charge < -0.3 is 19.6 Å². The summed E-state index contributed by atoms with van der Waals surface area (Å²) >= 11 is 2.24. The molecule has 0 radical (unpaired) electrons. The summed E-state index contributed by atoms with van der Waals surface area (Å²) in [6.07, 6.45) is 0. The smallest absolute Gasteiger partial charge is 0.254 e. The summed E-state index contributed by atoms with van der Waals surface area (Å²) in [4.78, 5) is 21.5. The topological polar surface area (TPSA) is 55.8 Å². The highest BCUT2D eigenvalue weighted by Gasteiger charge is 2.23. The quantitative estimate of drug-likeness (QED) is 0.610. The van der Waals surface area contributed by atoms with Crippen molar-refractivity contribution in [1.29, 1.82) is 0 Å². The summed E-state index contributed by atoms with van der Waals surface area (Å²) in [6.45, 7) is 7.04. The molecule has 0 spiro atoms. The Kier molecular flexibility index (Phi) is 5.96. The van der Waals surface area contributed by atoms with E-state index in [1.165, 1.54) is 0 Å². The lowest BCUT2D eigenvalue weighted by Crippen LogP contribution is -2.49. The first-order valence-electron chi connectivity index (χ1n) is 9.67. The van der Waals surface area contributed by atoms with Crippen LogP contribution in [0.1, 0.15) is 10.4 Å². The molecule has 4 rings (SSSR count). The van der Waals surface area contributed by atoms with Crippen molar-refractivity contribution < 1.29 is 4.79 Å². The fraction of sp³-hybridized carbons (Fsp3) is 0.450. The van der Waals surface area contributed by atoms with Crippen molar-refractivity contribution in [3.63, 3.8) is 0 Å². The number of piperazine rings is 2. The van der Waals surface area contributed by atoms with E-state index in [-0.39, 0.29) is 5.91 Å². The van der Waals surface area contributed by atoms with Gasteiger partial charge in [-0.25, -0.2) is 0 Å². The Bertz CT molecular complexity index is 814. The summed E-state index contributed by atoms with van der Waals surface area (Å²) in [6, 6.07) is 11.9. The lowest BCUT2D eigenvalue weighted by molar-refractivity contribution is 0.0746. The second-order valence-electron chi connectivity index (χ2n) is 7.33. The summed E-state index contributed by atoms with van der Waals surface area (Å²) in [5.41, 5.74) is 0.761. The van der Waals surface area contributed by atoms with Crippen molar-refractivity contribution in [3.05, 3.63) is 45.5 Å². The number of aromatic nitrogens is 2. The molecule has 2 aliphatic rings. The number of anilines is 2. The monoisotopic (exact) mass is 492 g/mol. The molecule has 148 valence electrons. The van der Waals surface area contributed by atoms with Crippen LogP contribution in [0.3, 0.4) is 0 Å². The van der Waals surface area contributed by atoms with Crippen molar-refractivity contribution in [2.75, 3.05) is 69.2 Å². The number of halogens is 1. The number of hydrogen-bond acceptors (Lipinski definition) is 6. The lowest BCUT2D eigenvalue weighted by atomic mass is 10.2. The molecule has 2 aromatic rings. The minimum Gasteiger partial charge on any atom is -0.353 e. The van der Waals surface area contributed by atoms with E-state index in [1.54, 1.807) is 0 Å². The SMILES string of the molecule is CN1CCN(c2ccc(N3CCN(C(=O)c4cccc(I)c4)CC3)nn2)CC1. The predicted molar refractivity (Wildman–Crippen MR) is 119 cm³/mol. The Balaban J connectivity index is 1.34. The fourth-order valence-corrected chi connectivity index (χ4v) is 4.18. The standard InChI is InChI=1S/C20H25IN6O/c1-24-7-9-25(10-8-24)18-5-6-19(23-22-18)26-11-13-27(14-12-26)20(28)16-3-2-4-17(21)15-16/h2-6,15H,7-14H2,1H3. The molecule has 8 heteroatoms. The summed E-state index contributed by atoms with van der Waals surface area (Å²) < 4.78 is 1.08. The molecule has 28 heavy (non-hydrogen) atoms. The number of nitrogens with zero attached hydrogens (tertiary/aromatic N) is 6. The molecule has 0 bridgehead atoms. The van der Waals surface area contributed by atoms with Gasteiger partial charge >= 0.3 is 0 Å². The van der Waals surface area contributed by atoms with E-state index in [4.69, 9.17) is 0 Å². The van der Waals surface area contributed by atoms with Gasteiger partial charge in [-0.15, -0.1) is 10.2 Å². The molecule has 0 atom stereocenters. The van der Waals surface area contributed by atoms with Crippen LogP contribution in [0.4, 0.5) is 11.6 Å². The van der Waals surface area contributed by atoms with Crippen LogP contribution in [0.2, 0.25) is 0 Å². The number of carbonyl (C=O) groups is 1. The number of likely N-dealkylation sites (N-methyl/N-ethyl adjacent to an activating group) is 1. The van der Waals surface area contributed by atoms with Gasteiger partial charge in [0, 0.05) is 61.5 Å². The van der Waals surface area contributed by atoms with Gasteiger partial charge in [0.05, 0.1) is 0 Å². The molecule has 1 aromatic carbocycles. The van der Waals surface area contributed by atoms with E-state index in [0.29, 0.717) is 13.1 Å². The molecule has 0 saturated carbocycles. The molecule has 2 saturated heterocycles. The molecule has 7 nitrogen and oxygen atoms in total. The Morgan fingerprint density at radius 2 is 1.43 bits per heavy atom. The van der Waals surface area contributed by atoms with Crippen LogP contribution in [-0.2, 0) is 0 Å². The van der Waals surface area contributed by atoms with Crippen LogP contribution in [0.25, 0.3) is 0 Å². The van der Waals surface area contributed by atoms with Gasteiger partial charge in [-0.3, -0.25) is 4.79 Å². The van der Waals surface area contributed by atoms with E-state index in [9.17, 15) is 4.79 Å². The van der Waals surface area contributed by atoms with E-state index >= 15 is 0 Å². The van der Waals surface area contributed by atoms with E-state index < -0.39 is 0 Å². The van der Waals surface area contributed by atoms with Crippen molar-refractivity contribution >= 4 is 40.1 Å². The third-order valence-corrected chi connectivity index (χ3v) is 6.10. The number of amides is 1. The van der Waals surface area contributed by atoms with Gasteiger partial charge in [-0.05, 0) is 60.0 Å². The normalized spacial score (nSPS) is 18.4. The van der Waals surface area contributed by atoms with Gasteiger partial charge in [0.15, 0.2) is 11.6 Å². The molecule has 2 fully saturated rings. The molecule has 1 aromatic heterocycles. The molecule has 3 heterocycles. The van der Waals surface area contributed by atoms with Gasteiger partial charge in [0.2, 0.25) is 0 Å². The van der Waals surface area contributed by atoms with Crippen LogP contribution >= 0.6 is 22.6 Å². The largest absolute Gasteiger partial charge is 0.353 e. The van der Waals surface area contributed by atoms with Crippen LogP contribution in [0.15, 0.2) is 36.4 Å². The third-order valence-electron chi connectivity index (χ3n) is 5.43. The number of hydrogen-bond donors (Lipinski definition) is 0. The Labute approximate surface area is 179 Å². The van der Waals surface area contributed by atoms with Crippen LogP contribution in [-0.4, -0.2) is 85.3 Å². The highest BCUT2D eigenvalue weighted by atomic mass is 127. The summed E-state index contributed by atoms with van der Waals surface area (Å²) in [7, 11) is 2.15. The Hall–Kier alpha value is -1.94. The van der Waals surface area contributed by atoms with Crippen LogP contribution < -0.4 is 9.80 Å². The molecular formula is C20H25IN6O. The van der Waals surface area contributed by atoms with Crippen molar-refractivity contribution in [3.8, 4) is 0 Å². The summed E-state index contributed by atoms with van der Waals surface area (Å²) in [5.74, 6) is 1.94. The number of carbonyl (C=O) groups excluding carboxylic acids is 1. The van der Waals surface area contributed by atoms with Gasteiger partial charge in [0.1, 0.15) is 0 Å². The second kappa shape index (κ2) is 8.60. The average molecular weight is 492 g/mol. The Morgan fingerprint density at radius 1 is 0.857 bits per heavy atom. The zero-order valence-corrected chi connectivity index (χ0v) is 18.2. The highest BCUT2D eigenvalue weighted by Crippen LogP contribution is 2.19. The second-order valence-corrected chi connectivity index (χ2v) is 8.58. The minimum absolute atomic E-state index is 0.106. The average Bonchev–Trinajstić information content (AvgIpc) is 2.74. The first-order chi connectivity index (χ1) is 13.6. The molecule has 0 aliphatic carbocycles. The minimum atomic E-state index is 0.106. The first-order valence-corrected chi connectivity index (χ1v) is 10.7. The van der Waals surface area contributed by atoms with Crippen molar-refractivity contribution in [1.82, 2.24) is 20.0 Å². The molecule has 2 aliphatic heterocycles. The van der Waals surface area contributed by atoms with E-state index in [1.807, 2.05) is 29.2 Å². The zero-order chi connectivity index (χ0) is 19.5. The van der Waals surface area contributed by atoms with Gasteiger partial charge in [-0.2, -0.15) is 0 Å². The maximum Gasteiger partial charge on any atom is 0.254 e. The molecule has 1 amide bonds. The van der Waals surface area contributed by atoms with E-state index in [2.05, 4.69) is 66.7 Å². The maximum absolute atomic E-state index is 12.7. The molecular weight excluding hydrogens is 467 g/mol. The lowest BCUT2D eigenvalue weighted by Gasteiger charge is -2.36. The maximum atomic E-state index is 12.7. The predicted octanol–water partition coefficient (Wildman–Crippen LogP) is 1.80. The highest BCUT2D eigenvalue weighted by molar-refractivity contribution is 14.1. The summed E-state index contributed by atoms with van der Waals surface area (Å²) in [5, 5.41) is 8.90. The third kappa shape index (κ3) is 4.38. The van der Waals surface area contributed by atoms with Gasteiger partial charge in [-0.1, -0.05) is 6.07 Å². The number of rotatable bonds is 3. The molecule has 0 unspecified atom stereocenters. The van der Waals surface area contributed by atoms with Crippen molar-refractivity contribution in [2.24, 2.45) is 0 Å².